The van der Waals surface area contributed by atoms with Crippen LogP contribution in [0.3, 0.4) is 0 Å². The van der Waals surface area contributed by atoms with E-state index in [0.29, 0.717) is 15.6 Å². The van der Waals surface area contributed by atoms with Gasteiger partial charge in [0, 0.05) is 18.3 Å². The highest BCUT2D eigenvalue weighted by Crippen LogP contribution is 2.32. The van der Waals surface area contributed by atoms with E-state index >= 15 is 0 Å². The number of amides is 1. The predicted molar refractivity (Wildman–Crippen MR) is 116 cm³/mol. The normalized spacial score (nSPS) is 12.8. The third-order valence-electron chi connectivity index (χ3n) is 4.47. The predicted octanol–water partition coefficient (Wildman–Crippen LogP) is 2.96. The Hall–Kier alpha value is -3.18. The summed E-state index contributed by atoms with van der Waals surface area (Å²) >= 11 is 12.1. The molecule has 3 aromatic rings. The summed E-state index contributed by atoms with van der Waals surface area (Å²) in [7, 11) is 0. The number of carbonyl (C=O) groups excluding carboxylic acids is 1. The summed E-state index contributed by atoms with van der Waals surface area (Å²) in [6.45, 7) is -0.635. The number of hydrogen-bond acceptors (Lipinski definition) is 7. The van der Waals surface area contributed by atoms with Crippen LogP contribution >= 0.6 is 23.2 Å². The van der Waals surface area contributed by atoms with Crippen molar-refractivity contribution in [3.8, 4) is 5.75 Å². The number of nitrogens with one attached hydrogen (secondary N) is 1. The lowest BCUT2D eigenvalue weighted by Gasteiger charge is -2.22. The van der Waals surface area contributed by atoms with E-state index < -0.39 is 29.6 Å². The Balaban J connectivity index is 1.63. The molecular weight excluding hydrogens is 463 g/mol. The van der Waals surface area contributed by atoms with Crippen molar-refractivity contribution in [2.75, 3.05) is 6.61 Å². The van der Waals surface area contributed by atoms with Crippen LogP contribution in [0.2, 0.25) is 10.0 Å². The van der Waals surface area contributed by atoms with Gasteiger partial charge >= 0.3 is 0 Å². The lowest BCUT2D eigenvalue weighted by Crippen LogP contribution is -2.42. The van der Waals surface area contributed by atoms with Gasteiger partial charge in [-0.1, -0.05) is 29.3 Å². The Kier molecular flexibility index (Phi) is 7.65. The van der Waals surface area contributed by atoms with Crippen LogP contribution in [0.5, 0.6) is 5.75 Å². The number of benzene rings is 2. The van der Waals surface area contributed by atoms with Gasteiger partial charge in [0.15, 0.2) is 12.5 Å². The average molecular weight is 481 g/mol. The highest BCUT2D eigenvalue weighted by atomic mass is 35.5. The van der Waals surface area contributed by atoms with Crippen molar-refractivity contribution in [1.29, 1.82) is 0 Å². The molecule has 0 aliphatic rings. The Morgan fingerprint density at radius 2 is 1.84 bits per heavy atom. The smallest absolute Gasteiger partial charge is 0.272 e. The summed E-state index contributed by atoms with van der Waals surface area (Å²) in [5.74, 6) is -0.358. The zero-order chi connectivity index (χ0) is 23.3. The summed E-state index contributed by atoms with van der Waals surface area (Å²) < 4.78 is 6.89. The number of hydrogen-bond donors (Lipinski definition) is 3. The molecule has 1 amide bonds. The first-order valence-corrected chi connectivity index (χ1v) is 10.00. The second-order valence-electron chi connectivity index (χ2n) is 6.62. The molecule has 0 saturated heterocycles. The third kappa shape index (κ3) is 5.54. The molecule has 0 radical (unpaired) electrons. The molecule has 168 valence electrons. The molecule has 1 heterocycles. The fourth-order valence-electron chi connectivity index (χ4n) is 2.80. The number of aliphatic hydroxyl groups is 2. The summed E-state index contributed by atoms with van der Waals surface area (Å²) in [5, 5.41) is 38.1. The van der Waals surface area contributed by atoms with Gasteiger partial charge in [-0.05, 0) is 35.9 Å². The highest BCUT2D eigenvalue weighted by Gasteiger charge is 2.24. The van der Waals surface area contributed by atoms with Crippen LogP contribution in [0, 0.1) is 10.1 Å². The van der Waals surface area contributed by atoms with Crippen molar-refractivity contribution in [3.05, 3.63) is 86.1 Å². The molecule has 10 nitrogen and oxygen atoms in total. The van der Waals surface area contributed by atoms with Crippen LogP contribution in [-0.4, -0.2) is 43.5 Å². The van der Waals surface area contributed by atoms with Crippen LogP contribution in [0.4, 0.5) is 5.69 Å². The van der Waals surface area contributed by atoms with Gasteiger partial charge in [0.1, 0.15) is 11.8 Å². The molecule has 0 fully saturated rings. The van der Waals surface area contributed by atoms with E-state index in [0.717, 1.165) is 0 Å². The van der Waals surface area contributed by atoms with Crippen LogP contribution < -0.4 is 10.1 Å². The molecular formula is C20H18Cl2N4O6. The lowest BCUT2D eigenvalue weighted by atomic mass is 10.0. The minimum atomic E-state index is -1.29. The minimum absolute atomic E-state index is 0.0215. The molecule has 3 N–H and O–H groups in total. The Labute approximate surface area is 192 Å². The van der Waals surface area contributed by atoms with E-state index in [-0.39, 0.29) is 23.9 Å². The largest absolute Gasteiger partial charge is 0.468 e. The first-order valence-electron chi connectivity index (χ1n) is 9.24. The quantitative estimate of drug-likeness (QED) is 0.315. The van der Waals surface area contributed by atoms with Crippen molar-refractivity contribution in [1.82, 2.24) is 15.1 Å². The number of carbonyl (C=O) groups is 1. The van der Waals surface area contributed by atoms with Crippen molar-refractivity contribution in [3.63, 3.8) is 0 Å². The van der Waals surface area contributed by atoms with Gasteiger partial charge in [0.25, 0.3) is 11.6 Å². The van der Waals surface area contributed by atoms with Crippen LogP contribution in [-0.2, 0) is 6.73 Å². The summed E-state index contributed by atoms with van der Waals surface area (Å²) in [6, 6.07) is 10.4. The Morgan fingerprint density at radius 1 is 1.19 bits per heavy atom. The van der Waals surface area contributed by atoms with Crippen molar-refractivity contribution in [2.24, 2.45) is 0 Å². The summed E-state index contributed by atoms with van der Waals surface area (Å²) in [6.07, 6.45) is 0.206. The highest BCUT2D eigenvalue weighted by molar-refractivity contribution is 6.37. The van der Waals surface area contributed by atoms with Gasteiger partial charge in [-0.3, -0.25) is 14.9 Å². The number of ether oxygens (including phenoxy) is 1. The van der Waals surface area contributed by atoms with Gasteiger partial charge in [-0.2, -0.15) is 5.10 Å². The van der Waals surface area contributed by atoms with Crippen molar-refractivity contribution < 1.29 is 24.7 Å². The van der Waals surface area contributed by atoms with Crippen LogP contribution in [0.25, 0.3) is 0 Å². The number of para-hydroxylation sites is 1. The molecule has 0 saturated carbocycles. The molecule has 3 rings (SSSR count). The first kappa shape index (κ1) is 23.5. The zero-order valence-corrected chi connectivity index (χ0v) is 17.9. The molecule has 12 heteroatoms. The number of non-ortho nitro benzene ring substituents is 1. The van der Waals surface area contributed by atoms with E-state index in [9.17, 15) is 25.1 Å². The summed E-state index contributed by atoms with van der Waals surface area (Å²) in [5.41, 5.74) is 0.176. The monoisotopic (exact) mass is 480 g/mol. The second-order valence-corrected chi connectivity index (χ2v) is 7.44. The van der Waals surface area contributed by atoms with Crippen molar-refractivity contribution in [2.45, 2.75) is 18.9 Å². The van der Waals surface area contributed by atoms with E-state index in [1.54, 1.807) is 18.2 Å². The molecule has 2 unspecified atom stereocenters. The maximum atomic E-state index is 12.5. The number of nitro benzene ring substituents is 1. The molecule has 0 aliphatic carbocycles. The third-order valence-corrected chi connectivity index (χ3v) is 5.07. The zero-order valence-electron chi connectivity index (χ0n) is 16.4. The standard InChI is InChI=1S/C20H18Cl2N4O6/c21-14-2-1-3-15(22)19(14)32-11-25-9-8-16(24-25)20(29)23-17(10-27)18(28)12-4-6-13(7-5-12)26(30)31/h1-9,17-18,27-28H,10-11H2,(H,23,29). The molecule has 0 spiro atoms. The SMILES string of the molecule is O=C(NC(CO)C(O)c1ccc([N+](=O)[O-])cc1)c1ccn(COc2c(Cl)cccc2Cl)n1. The van der Waals surface area contributed by atoms with E-state index in [2.05, 4.69) is 10.4 Å². The second kappa shape index (κ2) is 10.4. The summed E-state index contributed by atoms with van der Waals surface area (Å²) in [4.78, 5) is 22.7. The Morgan fingerprint density at radius 3 is 2.44 bits per heavy atom. The molecule has 0 aliphatic heterocycles. The Bertz CT molecular complexity index is 1090. The molecule has 1 aromatic heterocycles. The number of halogens is 2. The van der Waals surface area contributed by atoms with Crippen LogP contribution in [0.15, 0.2) is 54.7 Å². The number of aromatic nitrogens is 2. The van der Waals surface area contributed by atoms with Gasteiger partial charge in [-0.15, -0.1) is 0 Å². The number of rotatable bonds is 9. The molecule has 2 atom stereocenters. The molecule has 0 bridgehead atoms. The fraction of sp³-hybridized carbons (Fsp3) is 0.200. The van der Waals surface area contributed by atoms with E-state index in [1.807, 2.05) is 0 Å². The van der Waals surface area contributed by atoms with Gasteiger partial charge < -0.3 is 20.3 Å². The number of nitro groups is 1. The average Bonchev–Trinajstić information content (AvgIpc) is 3.26. The van der Waals surface area contributed by atoms with Gasteiger partial charge in [0.05, 0.1) is 27.6 Å². The van der Waals surface area contributed by atoms with Crippen molar-refractivity contribution >= 4 is 34.8 Å². The van der Waals surface area contributed by atoms with Gasteiger partial charge in [-0.25, -0.2) is 4.68 Å². The molecule has 2 aromatic carbocycles. The van der Waals surface area contributed by atoms with Gasteiger partial charge in [0.2, 0.25) is 0 Å². The molecule has 32 heavy (non-hydrogen) atoms. The maximum absolute atomic E-state index is 12.5. The lowest BCUT2D eigenvalue weighted by molar-refractivity contribution is -0.384. The number of aliphatic hydroxyl groups excluding tert-OH is 2. The number of nitrogens with zero attached hydrogens (tertiary/aromatic N) is 3. The van der Waals surface area contributed by atoms with E-state index in [4.69, 9.17) is 27.9 Å². The minimum Gasteiger partial charge on any atom is -0.468 e. The fourth-order valence-corrected chi connectivity index (χ4v) is 3.30. The topological polar surface area (TPSA) is 140 Å². The maximum Gasteiger partial charge on any atom is 0.272 e. The van der Waals surface area contributed by atoms with E-state index in [1.165, 1.54) is 41.2 Å². The first-order chi connectivity index (χ1) is 15.3. The van der Waals surface area contributed by atoms with Crippen LogP contribution in [0.1, 0.15) is 22.2 Å².